The summed E-state index contributed by atoms with van der Waals surface area (Å²) in [5.41, 5.74) is 0. The van der Waals surface area contributed by atoms with Gasteiger partial charge in [-0.05, 0) is 13.3 Å². The number of rotatable bonds is 11. The maximum absolute atomic E-state index is 11.3. The highest BCUT2D eigenvalue weighted by Crippen LogP contribution is 2.08. The van der Waals surface area contributed by atoms with E-state index in [9.17, 15) is 4.79 Å². The van der Waals surface area contributed by atoms with Crippen LogP contribution in [0.3, 0.4) is 0 Å². The third-order valence-electron chi connectivity index (χ3n) is 2.70. The highest BCUT2D eigenvalue weighted by molar-refractivity contribution is 7.09. The van der Waals surface area contributed by atoms with Crippen molar-refractivity contribution in [1.29, 1.82) is 0 Å². The van der Waals surface area contributed by atoms with Gasteiger partial charge in [0.05, 0.1) is 19.1 Å². The molecule has 2 atom stereocenters. The van der Waals surface area contributed by atoms with Gasteiger partial charge in [-0.2, -0.15) is 0 Å². The first-order valence-corrected chi connectivity index (χ1v) is 7.19. The second-order valence-corrected chi connectivity index (χ2v) is 4.76. The minimum Gasteiger partial charge on any atom is -0.466 e. The Morgan fingerprint density at radius 1 is 1.12 bits per heavy atom. The van der Waals surface area contributed by atoms with Crippen LogP contribution in [0.15, 0.2) is 0 Å². The van der Waals surface area contributed by atoms with Crippen LogP contribution in [0, 0.1) is 0 Å². The summed E-state index contributed by atoms with van der Waals surface area (Å²) >= 11 is 0. The summed E-state index contributed by atoms with van der Waals surface area (Å²) in [6.45, 7) is 4.62. The monoisotopic (exact) mass is 262 g/mol. The van der Waals surface area contributed by atoms with Crippen molar-refractivity contribution in [3.05, 3.63) is 0 Å². The van der Waals surface area contributed by atoms with Crippen molar-refractivity contribution in [2.75, 3.05) is 6.61 Å². The molecule has 0 radical (unpaired) electrons. The Morgan fingerprint density at radius 2 is 1.71 bits per heavy atom. The van der Waals surface area contributed by atoms with Crippen molar-refractivity contribution in [2.24, 2.45) is 0 Å². The van der Waals surface area contributed by atoms with Crippen LogP contribution in [0.1, 0.15) is 65.2 Å². The lowest BCUT2D eigenvalue weighted by atomic mass is 10.1. The Labute approximate surface area is 108 Å². The molecule has 0 heterocycles. The van der Waals surface area contributed by atoms with Crippen LogP contribution < -0.4 is 0 Å². The van der Waals surface area contributed by atoms with E-state index in [2.05, 4.69) is 16.4 Å². The molecule has 0 aromatic heterocycles. The Kier molecular flexibility index (Phi) is 12.2. The molecule has 17 heavy (non-hydrogen) atoms. The number of ether oxygens (including phenoxy) is 1. The van der Waals surface area contributed by atoms with E-state index < -0.39 is 0 Å². The molecule has 0 aromatic rings. The molecule has 4 heteroatoms. The Hall–Kier alpha value is -0.140. The fraction of sp³-hybridized carbons (Fsp3) is 0.923. The van der Waals surface area contributed by atoms with Gasteiger partial charge in [-0.3, -0.25) is 4.79 Å². The van der Waals surface area contributed by atoms with Crippen molar-refractivity contribution in [2.45, 2.75) is 71.3 Å². The maximum Gasteiger partial charge on any atom is 0.308 e. The summed E-state index contributed by atoms with van der Waals surface area (Å²) in [5, 5.41) is 0. The second kappa shape index (κ2) is 12.3. The van der Waals surface area contributed by atoms with E-state index in [4.69, 9.17) is 9.26 Å². The number of carbonyl (C=O) groups is 1. The molecule has 0 aromatic carbocycles. The van der Waals surface area contributed by atoms with Gasteiger partial charge in [-0.15, -0.1) is 0 Å². The summed E-state index contributed by atoms with van der Waals surface area (Å²) in [6.07, 6.45) is 8.90. The van der Waals surface area contributed by atoms with Crippen molar-refractivity contribution < 1.29 is 14.1 Å². The van der Waals surface area contributed by atoms with E-state index in [-0.39, 0.29) is 12.1 Å². The Morgan fingerprint density at radius 3 is 2.29 bits per heavy atom. The van der Waals surface area contributed by atoms with Gasteiger partial charge in [0.1, 0.15) is 0 Å². The molecule has 3 nitrogen and oxygen atoms in total. The number of unbranched alkanes of at least 4 members (excludes halogenated alkanes) is 6. The summed E-state index contributed by atoms with van der Waals surface area (Å²) in [4.78, 5) is 11.3. The molecule has 0 aliphatic heterocycles. The number of hydrogen-bond acceptors (Lipinski definition) is 3. The van der Waals surface area contributed by atoms with Gasteiger partial charge in [0.15, 0.2) is 0 Å². The first-order valence-electron chi connectivity index (χ1n) is 6.71. The van der Waals surface area contributed by atoms with Crippen molar-refractivity contribution in [3.63, 3.8) is 0 Å². The number of esters is 1. The van der Waals surface area contributed by atoms with Gasteiger partial charge >= 0.3 is 5.97 Å². The maximum atomic E-state index is 11.3. The lowest BCUT2D eigenvalue weighted by Crippen LogP contribution is -2.13. The largest absolute Gasteiger partial charge is 0.466 e. The van der Waals surface area contributed by atoms with Crippen molar-refractivity contribution in [1.82, 2.24) is 0 Å². The second-order valence-electron chi connectivity index (χ2n) is 4.49. The predicted octanol–water partition coefficient (Wildman–Crippen LogP) is 3.87. The molecule has 0 aliphatic rings. The zero-order valence-electron chi connectivity index (χ0n) is 11.2. The zero-order valence-corrected chi connectivity index (χ0v) is 12.4. The minimum atomic E-state index is -0.161. The molecule has 2 unspecified atom stereocenters. The summed E-state index contributed by atoms with van der Waals surface area (Å²) in [5.74, 6) is -0.161. The van der Waals surface area contributed by atoms with Crippen LogP contribution in [0.5, 0.6) is 0 Å². The topological polar surface area (TPSA) is 35.5 Å². The van der Waals surface area contributed by atoms with Crippen LogP contribution in [-0.4, -0.2) is 18.7 Å². The molecule has 0 N–H and O–H groups in total. The van der Waals surface area contributed by atoms with Gasteiger partial charge in [-0.25, -0.2) is 0 Å². The Balaban J connectivity index is 3.19. The molecule has 0 aliphatic carbocycles. The van der Waals surface area contributed by atoms with Gasteiger partial charge in [0, 0.05) is 9.47 Å². The summed E-state index contributed by atoms with van der Waals surface area (Å²) < 4.78 is 10.0. The Bertz CT molecular complexity index is 186. The minimum absolute atomic E-state index is 0.0819. The summed E-state index contributed by atoms with van der Waals surface area (Å²) in [6, 6.07) is 0. The van der Waals surface area contributed by atoms with Gasteiger partial charge in [0.2, 0.25) is 0 Å². The van der Waals surface area contributed by atoms with Crippen LogP contribution in [0.4, 0.5) is 0 Å². The van der Waals surface area contributed by atoms with Crippen LogP contribution in [-0.2, 0) is 14.1 Å². The summed E-state index contributed by atoms with van der Waals surface area (Å²) in [7, 11) is 2.16. The number of hydrogen-bond donors (Lipinski definition) is 0. The average molecular weight is 262 g/mol. The zero-order chi connectivity index (χ0) is 12.9. The lowest BCUT2D eigenvalue weighted by Gasteiger charge is -2.08. The average Bonchev–Trinajstić information content (AvgIpc) is 2.32. The smallest absolute Gasteiger partial charge is 0.308 e. The van der Waals surface area contributed by atoms with Gasteiger partial charge in [0.25, 0.3) is 0 Å². The highest BCUT2D eigenvalue weighted by atomic mass is 31.0. The molecule has 0 rings (SSSR count). The van der Waals surface area contributed by atoms with Crippen molar-refractivity contribution >= 4 is 15.4 Å². The van der Waals surface area contributed by atoms with Crippen LogP contribution in [0.2, 0.25) is 0 Å². The number of carbonyl (C=O) groups excluding carboxylic acids is 1. The fourth-order valence-electron chi connectivity index (χ4n) is 1.59. The predicted molar refractivity (Wildman–Crippen MR) is 73.8 cm³/mol. The molecular weight excluding hydrogens is 235 g/mol. The van der Waals surface area contributed by atoms with E-state index in [0.29, 0.717) is 13.0 Å². The molecule has 102 valence electrons. The molecule has 0 spiro atoms. The first-order chi connectivity index (χ1) is 8.20. The van der Waals surface area contributed by atoms with E-state index in [1.165, 1.54) is 32.1 Å². The normalized spacial score (nSPS) is 12.4. The van der Waals surface area contributed by atoms with E-state index in [1.807, 2.05) is 6.92 Å². The molecular formula is C13H27O3P. The van der Waals surface area contributed by atoms with E-state index in [1.54, 1.807) is 0 Å². The first kappa shape index (κ1) is 16.9. The third kappa shape index (κ3) is 12.1. The van der Waals surface area contributed by atoms with Gasteiger partial charge < -0.3 is 9.26 Å². The molecule has 0 amide bonds. The molecule has 0 bridgehead atoms. The van der Waals surface area contributed by atoms with Gasteiger partial charge in [-0.1, -0.05) is 45.4 Å². The van der Waals surface area contributed by atoms with Crippen LogP contribution >= 0.6 is 9.47 Å². The van der Waals surface area contributed by atoms with Crippen LogP contribution in [0.25, 0.3) is 0 Å². The quantitative estimate of drug-likeness (QED) is 0.322. The molecule has 0 fully saturated rings. The fourth-order valence-corrected chi connectivity index (χ4v) is 1.68. The SMILES string of the molecule is CCCCCCCCCOC(=O)CC(C)OP. The third-order valence-corrected chi connectivity index (χ3v) is 3.16. The molecule has 0 saturated carbocycles. The standard InChI is InChI=1S/C13H27O3P/c1-3-4-5-6-7-8-9-10-15-13(14)11-12(2)16-17/h12H,3-11,17H2,1-2H3. The van der Waals surface area contributed by atoms with E-state index >= 15 is 0 Å². The molecule has 0 saturated heterocycles. The van der Waals surface area contributed by atoms with E-state index in [0.717, 1.165) is 12.8 Å². The lowest BCUT2D eigenvalue weighted by molar-refractivity contribution is -0.145. The van der Waals surface area contributed by atoms with Crippen molar-refractivity contribution in [3.8, 4) is 0 Å². The highest BCUT2D eigenvalue weighted by Gasteiger charge is 2.08.